The second kappa shape index (κ2) is 10.2. The maximum atomic E-state index is 11.2. The van der Waals surface area contributed by atoms with Crippen molar-refractivity contribution in [2.45, 2.75) is 89.4 Å². The van der Waals surface area contributed by atoms with Crippen LogP contribution in [0.1, 0.15) is 71.1 Å². The van der Waals surface area contributed by atoms with Gasteiger partial charge in [-0.1, -0.05) is 25.7 Å². The molecule has 1 saturated carbocycles. The van der Waals surface area contributed by atoms with Crippen LogP contribution in [0.5, 0.6) is 0 Å². The molecule has 0 spiro atoms. The summed E-state index contributed by atoms with van der Waals surface area (Å²) in [7, 11) is 1.73. The third kappa shape index (κ3) is 7.85. The van der Waals surface area contributed by atoms with Gasteiger partial charge in [0.1, 0.15) is 6.10 Å². The Kier molecular flexibility index (Phi) is 8.86. The Morgan fingerprint density at radius 3 is 2.30 bits per heavy atom. The monoisotopic (exact) mass is 286 g/mol. The van der Waals surface area contributed by atoms with E-state index in [1.165, 1.54) is 12.8 Å². The van der Waals surface area contributed by atoms with E-state index in [0.29, 0.717) is 6.42 Å². The van der Waals surface area contributed by atoms with Gasteiger partial charge in [0.2, 0.25) is 0 Å². The highest BCUT2D eigenvalue weighted by molar-refractivity contribution is 5.69. The van der Waals surface area contributed by atoms with Crippen LogP contribution in [0.2, 0.25) is 0 Å². The number of methoxy groups -OCH3 is 1. The van der Waals surface area contributed by atoms with E-state index in [1.807, 2.05) is 6.92 Å². The first-order valence-corrected chi connectivity index (χ1v) is 8.02. The van der Waals surface area contributed by atoms with E-state index in [0.717, 1.165) is 44.9 Å². The highest BCUT2D eigenvalue weighted by atomic mass is 16.5. The zero-order valence-electron chi connectivity index (χ0n) is 13.0. The fraction of sp³-hybridized carbons (Fsp3) is 0.938. The Bertz CT molecular complexity index is 261. The minimum absolute atomic E-state index is 0.00875. The van der Waals surface area contributed by atoms with Crippen molar-refractivity contribution < 1.29 is 19.4 Å². The Labute approximate surface area is 122 Å². The van der Waals surface area contributed by atoms with Gasteiger partial charge in [-0.25, -0.2) is 0 Å². The van der Waals surface area contributed by atoms with Gasteiger partial charge in [-0.05, 0) is 32.6 Å². The summed E-state index contributed by atoms with van der Waals surface area (Å²) in [6.07, 6.45) is 10.5. The molecule has 0 radical (unpaired) electrons. The van der Waals surface area contributed by atoms with E-state index in [-0.39, 0.29) is 24.3 Å². The number of carbonyl (C=O) groups excluding carboxylic acids is 1. The van der Waals surface area contributed by atoms with Crippen LogP contribution in [0.25, 0.3) is 0 Å². The molecule has 0 aromatic rings. The first kappa shape index (κ1) is 17.4. The normalized spacial score (nSPS) is 29.2. The highest BCUT2D eigenvalue weighted by Crippen LogP contribution is 2.17. The number of rotatable bonds is 1. The van der Waals surface area contributed by atoms with Crippen LogP contribution < -0.4 is 0 Å². The van der Waals surface area contributed by atoms with E-state index in [2.05, 4.69) is 0 Å². The van der Waals surface area contributed by atoms with Gasteiger partial charge in [0.25, 0.3) is 0 Å². The molecular formula is C16H30O4. The Morgan fingerprint density at radius 1 is 1.10 bits per heavy atom. The molecule has 1 heterocycles. The molecule has 0 bridgehead atoms. The first-order chi connectivity index (χ1) is 9.61. The summed E-state index contributed by atoms with van der Waals surface area (Å²) in [5.41, 5.74) is 0. The molecule has 118 valence electrons. The van der Waals surface area contributed by atoms with Crippen molar-refractivity contribution in [2.24, 2.45) is 0 Å². The van der Waals surface area contributed by atoms with Crippen molar-refractivity contribution in [1.82, 2.24) is 0 Å². The fourth-order valence-electron chi connectivity index (χ4n) is 2.76. The molecule has 0 amide bonds. The van der Waals surface area contributed by atoms with Gasteiger partial charge in [-0.2, -0.15) is 0 Å². The van der Waals surface area contributed by atoms with Crippen molar-refractivity contribution in [3.63, 3.8) is 0 Å². The van der Waals surface area contributed by atoms with Gasteiger partial charge in [-0.3, -0.25) is 4.79 Å². The topological polar surface area (TPSA) is 55.8 Å². The molecular weight excluding hydrogens is 256 g/mol. The predicted molar refractivity (Wildman–Crippen MR) is 78.5 cm³/mol. The van der Waals surface area contributed by atoms with E-state index < -0.39 is 0 Å². The number of aliphatic hydroxyl groups excluding tert-OH is 1. The predicted octanol–water partition coefficient (Wildman–Crippen LogP) is 3.21. The standard InChI is InChI=1S/C11H20O3.C5H10O/c1-9-8-10(13-2)6-4-3-5-7-11(12)14-9;6-5-3-1-2-4-5/h9-10H,3-8H2,1-2H3;5-6H,1-4H2. The average molecular weight is 286 g/mol. The number of ether oxygens (including phenoxy) is 2. The van der Waals surface area contributed by atoms with Crippen molar-refractivity contribution in [1.29, 1.82) is 0 Å². The summed E-state index contributed by atoms with van der Waals surface area (Å²) < 4.78 is 10.6. The van der Waals surface area contributed by atoms with E-state index in [4.69, 9.17) is 14.6 Å². The number of cyclic esters (lactones) is 1. The molecule has 4 heteroatoms. The lowest BCUT2D eigenvalue weighted by molar-refractivity contribution is -0.150. The van der Waals surface area contributed by atoms with Crippen LogP contribution in [-0.4, -0.2) is 36.5 Å². The van der Waals surface area contributed by atoms with Gasteiger partial charge in [-0.15, -0.1) is 0 Å². The zero-order valence-corrected chi connectivity index (χ0v) is 13.0. The smallest absolute Gasteiger partial charge is 0.306 e. The molecule has 2 unspecified atom stereocenters. The molecule has 1 aliphatic carbocycles. The summed E-state index contributed by atoms with van der Waals surface area (Å²) in [6.45, 7) is 1.94. The molecule has 2 atom stereocenters. The van der Waals surface area contributed by atoms with Crippen LogP contribution in [0.15, 0.2) is 0 Å². The van der Waals surface area contributed by atoms with Crippen LogP contribution in [0, 0.1) is 0 Å². The SMILES string of the molecule is COC1CCCCCC(=O)OC(C)C1.OC1CCCC1. The molecule has 2 rings (SSSR count). The largest absolute Gasteiger partial charge is 0.463 e. The molecule has 1 saturated heterocycles. The molecule has 0 aromatic carbocycles. The summed E-state index contributed by atoms with van der Waals surface area (Å²) in [4.78, 5) is 11.2. The lowest BCUT2D eigenvalue weighted by Gasteiger charge is -2.21. The summed E-state index contributed by atoms with van der Waals surface area (Å²) in [6, 6.07) is 0. The summed E-state index contributed by atoms with van der Waals surface area (Å²) >= 11 is 0. The molecule has 20 heavy (non-hydrogen) atoms. The minimum Gasteiger partial charge on any atom is -0.463 e. The Balaban J connectivity index is 0.000000276. The maximum absolute atomic E-state index is 11.2. The second-order valence-electron chi connectivity index (χ2n) is 5.93. The first-order valence-electron chi connectivity index (χ1n) is 8.02. The highest BCUT2D eigenvalue weighted by Gasteiger charge is 2.17. The number of carbonyl (C=O) groups is 1. The minimum atomic E-state index is -0.0609. The number of hydrogen-bond donors (Lipinski definition) is 1. The third-order valence-electron chi connectivity index (χ3n) is 3.99. The van der Waals surface area contributed by atoms with Gasteiger partial charge in [0.05, 0.1) is 12.2 Å². The van der Waals surface area contributed by atoms with E-state index in [9.17, 15) is 4.79 Å². The van der Waals surface area contributed by atoms with E-state index >= 15 is 0 Å². The molecule has 2 aliphatic rings. The van der Waals surface area contributed by atoms with Crippen LogP contribution in [0.4, 0.5) is 0 Å². The van der Waals surface area contributed by atoms with Crippen molar-refractivity contribution in [2.75, 3.05) is 7.11 Å². The van der Waals surface area contributed by atoms with Crippen LogP contribution in [0.3, 0.4) is 0 Å². The second-order valence-corrected chi connectivity index (χ2v) is 5.93. The molecule has 2 fully saturated rings. The van der Waals surface area contributed by atoms with Crippen LogP contribution >= 0.6 is 0 Å². The lowest BCUT2D eigenvalue weighted by atomic mass is 10.0. The molecule has 1 aliphatic heterocycles. The summed E-state index contributed by atoms with van der Waals surface area (Å²) in [5, 5.41) is 8.73. The average Bonchev–Trinajstić information content (AvgIpc) is 2.88. The number of hydrogen-bond acceptors (Lipinski definition) is 4. The number of esters is 1. The van der Waals surface area contributed by atoms with Gasteiger partial charge < -0.3 is 14.6 Å². The van der Waals surface area contributed by atoms with Crippen molar-refractivity contribution >= 4 is 5.97 Å². The lowest BCUT2D eigenvalue weighted by Crippen LogP contribution is -2.23. The van der Waals surface area contributed by atoms with E-state index in [1.54, 1.807) is 7.11 Å². The molecule has 1 N–H and O–H groups in total. The van der Waals surface area contributed by atoms with Gasteiger partial charge >= 0.3 is 5.97 Å². The van der Waals surface area contributed by atoms with Crippen LogP contribution in [-0.2, 0) is 14.3 Å². The Morgan fingerprint density at radius 2 is 1.75 bits per heavy atom. The summed E-state index contributed by atoms with van der Waals surface area (Å²) in [5.74, 6) is -0.0609. The molecule has 0 aromatic heterocycles. The number of aliphatic hydroxyl groups is 1. The maximum Gasteiger partial charge on any atom is 0.306 e. The fourth-order valence-corrected chi connectivity index (χ4v) is 2.76. The Hall–Kier alpha value is -0.610. The third-order valence-corrected chi connectivity index (χ3v) is 3.99. The molecule has 4 nitrogen and oxygen atoms in total. The van der Waals surface area contributed by atoms with Crippen molar-refractivity contribution in [3.05, 3.63) is 0 Å². The van der Waals surface area contributed by atoms with Gasteiger partial charge in [0.15, 0.2) is 0 Å². The quantitative estimate of drug-likeness (QED) is 0.752. The zero-order chi connectivity index (χ0) is 14.8. The van der Waals surface area contributed by atoms with Crippen molar-refractivity contribution in [3.8, 4) is 0 Å². The van der Waals surface area contributed by atoms with Gasteiger partial charge in [0, 0.05) is 20.0 Å².